The molecule has 0 fully saturated rings. The summed E-state index contributed by atoms with van der Waals surface area (Å²) in [7, 11) is 0. The van der Waals surface area contributed by atoms with Crippen molar-refractivity contribution in [1.82, 2.24) is 14.9 Å². The molecule has 0 aliphatic heterocycles. The van der Waals surface area contributed by atoms with E-state index in [-0.39, 0.29) is 0 Å². The van der Waals surface area contributed by atoms with Crippen LogP contribution in [0.5, 0.6) is 0 Å². The van der Waals surface area contributed by atoms with Crippen molar-refractivity contribution in [3.63, 3.8) is 0 Å². The van der Waals surface area contributed by atoms with Crippen molar-refractivity contribution in [1.29, 1.82) is 0 Å². The fraction of sp³-hybridized carbons (Fsp3) is 0.500. The van der Waals surface area contributed by atoms with Gasteiger partial charge in [-0.15, -0.1) is 0 Å². The molecule has 0 atom stereocenters. The Morgan fingerprint density at radius 2 is 1.38 bits per heavy atom. The molecule has 0 unspecified atom stereocenters. The topological polar surface area (TPSA) is 39.9 Å². The maximum absolute atomic E-state index is 5.62. The fourth-order valence-electron chi connectivity index (χ4n) is 2.27. The number of hydrogen-bond donors (Lipinski definition) is 0. The minimum absolute atomic E-state index is 0.654. The first-order chi connectivity index (χ1) is 7.57. The number of fused-ring (bicyclic) bond motifs is 1. The summed E-state index contributed by atoms with van der Waals surface area (Å²) in [5.74, 6) is 0. The van der Waals surface area contributed by atoms with E-state index in [1.54, 1.807) is 0 Å². The first kappa shape index (κ1) is 10.9. The highest BCUT2D eigenvalue weighted by atomic mass is 16.7. The molecule has 86 valence electrons. The van der Waals surface area contributed by atoms with Gasteiger partial charge in [-0.1, -0.05) is 0 Å². The normalized spacial score (nSPS) is 11.1. The maximum atomic E-state index is 5.62. The summed E-state index contributed by atoms with van der Waals surface area (Å²) >= 11 is 0. The molecule has 2 rings (SSSR count). The van der Waals surface area contributed by atoms with Gasteiger partial charge in [0.15, 0.2) is 0 Å². The molecule has 0 aromatic carbocycles. The van der Waals surface area contributed by atoms with Crippen LogP contribution in [0.4, 0.5) is 0 Å². The zero-order valence-electron chi connectivity index (χ0n) is 10.5. The quantitative estimate of drug-likeness (QED) is 0.776. The SMILES string of the molecule is CCOn1c(C)c2c(C)nnc(C)c2c1C. The van der Waals surface area contributed by atoms with Gasteiger partial charge in [0, 0.05) is 10.8 Å². The molecule has 2 aromatic heterocycles. The van der Waals surface area contributed by atoms with Gasteiger partial charge in [0.25, 0.3) is 0 Å². The highest BCUT2D eigenvalue weighted by Gasteiger charge is 2.16. The standard InChI is InChI=1S/C12H17N3O/c1-6-16-15-9(4)11-7(2)13-14-8(3)12(11)10(15)5/h6H2,1-5H3. The van der Waals surface area contributed by atoms with E-state index >= 15 is 0 Å². The van der Waals surface area contributed by atoms with Crippen molar-refractivity contribution in [3.8, 4) is 0 Å². The van der Waals surface area contributed by atoms with E-state index in [1.165, 1.54) is 10.8 Å². The van der Waals surface area contributed by atoms with Crippen LogP contribution in [-0.2, 0) is 0 Å². The molecular formula is C12H17N3O. The van der Waals surface area contributed by atoms with Crippen LogP contribution in [0.15, 0.2) is 0 Å². The van der Waals surface area contributed by atoms with Crippen molar-refractivity contribution < 1.29 is 4.84 Å². The second-order valence-corrected chi connectivity index (χ2v) is 4.00. The summed E-state index contributed by atoms with van der Waals surface area (Å²) in [4.78, 5) is 5.62. The largest absolute Gasteiger partial charge is 0.414 e. The molecule has 0 aliphatic rings. The Kier molecular flexibility index (Phi) is 2.58. The second kappa shape index (κ2) is 3.77. The van der Waals surface area contributed by atoms with E-state index in [0.717, 1.165) is 22.8 Å². The lowest BCUT2D eigenvalue weighted by molar-refractivity contribution is 0.114. The molecule has 0 saturated carbocycles. The van der Waals surface area contributed by atoms with E-state index in [2.05, 4.69) is 24.0 Å². The zero-order valence-corrected chi connectivity index (χ0v) is 10.5. The number of hydrogen-bond acceptors (Lipinski definition) is 3. The van der Waals surface area contributed by atoms with Crippen molar-refractivity contribution >= 4 is 10.8 Å². The molecule has 0 saturated heterocycles. The lowest BCUT2D eigenvalue weighted by Crippen LogP contribution is -2.13. The fourth-order valence-corrected chi connectivity index (χ4v) is 2.27. The number of rotatable bonds is 2. The van der Waals surface area contributed by atoms with Crippen LogP contribution in [0.2, 0.25) is 0 Å². The molecule has 4 nitrogen and oxygen atoms in total. The number of aromatic nitrogens is 3. The third kappa shape index (κ3) is 1.37. The summed E-state index contributed by atoms with van der Waals surface area (Å²) in [5.41, 5.74) is 4.12. The van der Waals surface area contributed by atoms with Crippen LogP contribution in [0.25, 0.3) is 10.8 Å². The average molecular weight is 219 g/mol. The second-order valence-electron chi connectivity index (χ2n) is 4.00. The lowest BCUT2D eigenvalue weighted by atomic mass is 10.1. The molecule has 2 aromatic rings. The summed E-state index contributed by atoms with van der Waals surface area (Å²) in [6, 6.07) is 0. The van der Waals surface area contributed by atoms with Crippen LogP contribution in [0.3, 0.4) is 0 Å². The van der Waals surface area contributed by atoms with Gasteiger partial charge in [-0.3, -0.25) is 0 Å². The van der Waals surface area contributed by atoms with Crippen molar-refractivity contribution in [2.24, 2.45) is 0 Å². The van der Waals surface area contributed by atoms with Gasteiger partial charge >= 0.3 is 0 Å². The van der Waals surface area contributed by atoms with Gasteiger partial charge in [-0.05, 0) is 34.6 Å². The Bertz CT molecular complexity index is 498. The molecule has 0 bridgehead atoms. The molecule has 0 N–H and O–H groups in total. The minimum atomic E-state index is 0.654. The van der Waals surface area contributed by atoms with Crippen LogP contribution >= 0.6 is 0 Å². The monoisotopic (exact) mass is 219 g/mol. The van der Waals surface area contributed by atoms with Crippen molar-refractivity contribution in [2.75, 3.05) is 6.61 Å². The molecule has 4 heteroatoms. The van der Waals surface area contributed by atoms with Gasteiger partial charge in [-0.2, -0.15) is 14.9 Å². The molecule has 0 aliphatic carbocycles. The van der Waals surface area contributed by atoms with Gasteiger partial charge in [0.1, 0.15) is 6.61 Å². The summed E-state index contributed by atoms with van der Waals surface area (Å²) in [6.45, 7) is 10.7. The van der Waals surface area contributed by atoms with E-state index in [9.17, 15) is 0 Å². The Hall–Kier alpha value is -1.58. The lowest BCUT2D eigenvalue weighted by Gasteiger charge is -2.08. The smallest absolute Gasteiger partial charge is 0.112 e. The predicted octanol–water partition coefficient (Wildman–Crippen LogP) is 2.11. The highest BCUT2D eigenvalue weighted by molar-refractivity contribution is 5.91. The molecule has 2 heterocycles. The molecule has 0 spiro atoms. The summed E-state index contributed by atoms with van der Waals surface area (Å²) in [5, 5.41) is 10.7. The van der Waals surface area contributed by atoms with Gasteiger partial charge < -0.3 is 4.84 Å². The van der Waals surface area contributed by atoms with Crippen LogP contribution < -0.4 is 4.84 Å². The predicted molar refractivity (Wildman–Crippen MR) is 63.6 cm³/mol. The molecular weight excluding hydrogens is 202 g/mol. The van der Waals surface area contributed by atoms with Crippen LogP contribution in [-0.4, -0.2) is 21.5 Å². The third-order valence-electron chi connectivity index (χ3n) is 2.91. The maximum Gasteiger partial charge on any atom is 0.112 e. The highest BCUT2D eigenvalue weighted by Crippen LogP contribution is 2.27. The van der Waals surface area contributed by atoms with E-state index < -0.39 is 0 Å². The first-order valence-electron chi connectivity index (χ1n) is 5.52. The van der Waals surface area contributed by atoms with Gasteiger partial charge in [0.05, 0.1) is 22.8 Å². The third-order valence-corrected chi connectivity index (χ3v) is 2.91. The molecule has 0 amide bonds. The van der Waals surface area contributed by atoms with E-state index in [4.69, 9.17) is 4.84 Å². The molecule has 0 radical (unpaired) electrons. The average Bonchev–Trinajstić information content (AvgIpc) is 2.50. The Labute approximate surface area is 95.2 Å². The van der Waals surface area contributed by atoms with Crippen LogP contribution in [0.1, 0.15) is 29.7 Å². The van der Waals surface area contributed by atoms with Gasteiger partial charge in [-0.25, -0.2) is 0 Å². The molecule has 16 heavy (non-hydrogen) atoms. The summed E-state index contributed by atoms with van der Waals surface area (Å²) < 4.78 is 1.88. The Balaban J connectivity index is 2.87. The number of nitrogens with zero attached hydrogens (tertiary/aromatic N) is 3. The zero-order chi connectivity index (χ0) is 11.9. The summed E-state index contributed by atoms with van der Waals surface area (Å²) in [6.07, 6.45) is 0. The van der Waals surface area contributed by atoms with Gasteiger partial charge in [0.2, 0.25) is 0 Å². The number of aryl methyl sites for hydroxylation is 4. The Morgan fingerprint density at radius 3 is 1.75 bits per heavy atom. The van der Waals surface area contributed by atoms with Crippen LogP contribution in [0, 0.1) is 27.7 Å². The Morgan fingerprint density at radius 1 is 0.938 bits per heavy atom. The van der Waals surface area contributed by atoms with Crippen molar-refractivity contribution in [2.45, 2.75) is 34.6 Å². The van der Waals surface area contributed by atoms with Crippen molar-refractivity contribution in [3.05, 3.63) is 22.8 Å². The van der Waals surface area contributed by atoms with E-state index in [1.807, 2.05) is 25.5 Å². The van der Waals surface area contributed by atoms with E-state index in [0.29, 0.717) is 6.61 Å². The minimum Gasteiger partial charge on any atom is -0.414 e. The first-order valence-corrected chi connectivity index (χ1v) is 5.52.